The van der Waals surface area contributed by atoms with Crippen LogP contribution < -0.4 is 0 Å². The minimum Gasteiger partial charge on any atom is -0.315 e. The summed E-state index contributed by atoms with van der Waals surface area (Å²) in [5, 5.41) is 7.31. The van der Waals surface area contributed by atoms with Crippen LogP contribution in [0.25, 0.3) is 0 Å². The van der Waals surface area contributed by atoms with Crippen LogP contribution in [0.3, 0.4) is 0 Å². The fourth-order valence-electron chi connectivity index (χ4n) is 2.33. The van der Waals surface area contributed by atoms with Gasteiger partial charge in [-0.05, 0) is 43.0 Å². The zero-order valence-corrected chi connectivity index (χ0v) is 20.2. The summed E-state index contributed by atoms with van der Waals surface area (Å²) in [7, 11) is -10.7. The average molecular weight is 599 g/mol. The molecule has 0 unspecified atom stereocenters. The normalized spacial score (nSPS) is 12.6. The Morgan fingerprint density at radius 2 is 0.971 bits per heavy atom. The van der Waals surface area contributed by atoms with Crippen LogP contribution in [0.1, 0.15) is 17.1 Å². The standard InChI is InChI=1S/C18H18N4.C2H5O2.F6P.Rh/c1-4-10-19-16(7-1)13-22(14-17-8-2-5-11-20-17)15-18-9-3-6-12-21-18;1-2-4-3;1-7(2,3,4,5)6;/h1-12H,13-15H2;3H,1-2H2;;/q;2*-1;+2. The molecule has 0 fully saturated rings. The van der Waals surface area contributed by atoms with Gasteiger partial charge in [0.1, 0.15) is 0 Å². The van der Waals surface area contributed by atoms with Crippen molar-refractivity contribution in [3.63, 3.8) is 0 Å². The Kier molecular flexibility index (Phi) is 12.9. The van der Waals surface area contributed by atoms with Gasteiger partial charge in [-0.15, -0.1) is 0 Å². The fourth-order valence-corrected chi connectivity index (χ4v) is 2.33. The Morgan fingerprint density at radius 1 is 0.706 bits per heavy atom. The van der Waals surface area contributed by atoms with Crippen molar-refractivity contribution in [1.82, 2.24) is 19.9 Å². The van der Waals surface area contributed by atoms with Gasteiger partial charge in [0.05, 0.1) is 17.1 Å². The molecule has 3 aromatic rings. The first-order valence-corrected chi connectivity index (χ1v) is 11.3. The van der Waals surface area contributed by atoms with Crippen molar-refractivity contribution in [3.8, 4) is 0 Å². The zero-order chi connectivity index (χ0) is 24.9. The topological polar surface area (TPSA) is 71.4 Å². The van der Waals surface area contributed by atoms with E-state index in [1.54, 1.807) is 0 Å². The second kappa shape index (κ2) is 13.8. The van der Waals surface area contributed by atoms with Gasteiger partial charge in [0.2, 0.25) is 0 Å². The molecule has 3 aromatic heterocycles. The Morgan fingerprint density at radius 3 is 1.15 bits per heavy atom. The molecule has 6 nitrogen and oxygen atoms in total. The molecule has 1 radical (unpaired) electrons. The van der Waals surface area contributed by atoms with Gasteiger partial charge in [0.15, 0.2) is 0 Å². The van der Waals surface area contributed by atoms with E-state index >= 15 is 0 Å². The molecule has 1 N–H and O–H groups in total. The number of halogens is 6. The first kappa shape index (κ1) is 32.0. The number of hydrogen-bond donors (Lipinski definition) is 1. The maximum Gasteiger partial charge on any atom is 2.00 e. The van der Waals surface area contributed by atoms with E-state index in [2.05, 4.69) is 31.7 Å². The van der Waals surface area contributed by atoms with Gasteiger partial charge in [-0.25, -0.2) is 0 Å². The molecular formula is C20H23F6N4O2PRh. The Labute approximate surface area is 206 Å². The quantitative estimate of drug-likeness (QED) is 0.0809. The fraction of sp³-hybridized carbons (Fsp3) is 0.200. The first-order chi connectivity index (χ1) is 15.3. The molecular weight excluding hydrogens is 576 g/mol. The van der Waals surface area contributed by atoms with Crippen molar-refractivity contribution in [3.05, 3.63) is 97.2 Å². The van der Waals surface area contributed by atoms with Gasteiger partial charge >= 0.3 is 52.5 Å². The van der Waals surface area contributed by atoms with Gasteiger partial charge in [0, 0.05) is 38.2 Å². The summed E-state index contributed by atoms with van der Waals surface area (Å²) in [6.45, 7) is 5.57. The van der Waals surface area contributed by atoms with E-state index in [1.807, 2.05) is 73.2 Å². The number of nitrogens with zero attached hydrogens (tertiary/aromatic N) is 4. The Hall–Kier alpha value is -2.04. The van der Waals surface area contributed by atoms with Crippen LogP contribution in [0.5, 0.6) is 0 Å². The van der Waals surface area contributed by atoms with E-state index in [9.17, 15) is 25.2 Å². The second-order valence-corrected chi connectivity index (χ2v) is 8.32. The van der Waals surface area contributed by atoms with Crippen molar-refractivity contribution >= 4 is 7.81 Å². The minimum absolute atomic E-state index is 0. The average Bonchev–Trinajstić information content (AvgIpc) is 2.74. The molecule has 0 bridgehead atoms. The van der Waals surface area contributed by atoms with Crippen LogP contribution in [0, 0.1) is 6.92 Å². The van der Waals surface area contributed by atoms with Crippen LogP contribution in [-0.4, -0.2) is 31.7 Å². The summed E-state index contributed by atoms with van der Waals surface area (Å²) in [6, 6.07) is 18.0. The molecule has 0 atom stereocenters. The largest absolute Gasteiger partial charge is 2.00 e. The van der Waals surface area contributed by atoms with Gasteiger partial charge < -0.3 is 6.92 Å². The summed E-state index contributed by atoms with van der Waals surface area (Å²) < 4.78 is 59.2. The van der Waals surface area contributed by atoms with Gasteiger partial charge in [-0.2, -0.15) is 0 Å². The third-order valence-corrected chi connectivity index (χ3v) is 3.43. The monoisotopic (exact) mass is 599 g/mol. The molecule has 34 heavy (non-hydrogen) atoms. The van der Waals surface area contributed by atoms with Crippen molar-refractivity contribution in [2.24, 2.45) is 0 Å². The summed E-state index contributed by atoms with van der Waals surface area (Å²) in [6.07, 6.45) is 5.49. The SMILES string of the molecule is F[P-](F)(F)(F)(F)F.[CH2-]COO.[Rh+2].c1ccc(CN(Cc2ccccn2)Cc2ccccn2)nc1. The van der Waals surface area contributed by atoms with E-state index in [1.165, 1.54) is 0 Å². The Bertz CT molecular complexity index is 816. The van der Waals surface area contributed by atoms with Gasteiger partial charge in [0.25, 0.3) is 0 Å². The minimum atomic E-state index is -10.7. The summed E-state index contributed by atoms with van der Waals surface area (Å²) in [5.41, 5.74) is 3.15. The van der Waals surface area contributed by atoms with Crippen LogP contribution in [0.15, 0.2) is 73.2 Å². The van der Waals surface area contributed by atoms with Crippen molar-refractivity contribution in [1.29, 1.82) is 0 Å². The van der Waals surface area contributed by atoms with E-state index in [0.717, 1.165) is 36.7 Å². The maximum absolute atomic E-state index is 10.7. The smallest absolute Gasteiger partial charge is 0.315 e. The number of hydrogen-bond acceptors (Lipinski definition) is 6. The molecule has 3 heterocycles. The molecule has 0 aromatic carbocycles. The molecule has 3 rings (SSSR count). The van der Waals surface area contributed by atoms with Crippen LogP contribution >= 0.6 is 7.81 Å². The third-order valence-electron chi connectivity index (χ3n) is 3.43. The van der Waals surface area contributed by atoms with Gasteiger partial charge in [-0.1, -0.05) is 18.2 Å². The summed E-state index contributed by atoms with van der Waals surface area (Å²) in [5.74, 6) is 0. The van der Waals surface area contributed by atoms with Crippen LogP contribution in [0.4, 0.5) is 25.2 Å². The molecule has 0 saturated heterocycles. The van der Waals surface area contributed by atoms with E-state index < -0.39 is 7.81 Å². The molecule has 0 aliphatic heterocycles. The van der Waals surface area contributed by atoms with E-state index in [0.29, 0.717) is 0 Å². The summed E-state index contributed by atoms with van der Waals surface area (Å²) >= 11 is 0. The molecule has 0 saturated carbocycles. The molecule has 14 heteroatoms. The number of aromatic nitrogens is 3. The van der Waals surface area contributed by atoms with Crippen molar-refractivity contribution < 1.29 is 54.8 Å². The predicted molar refractivity (Wildman–Crippen MR) is 113 cm³/mol. The molecule has 0 amide bonds. The summed E-state index contributed by atoms with van der Waals surface area (Å²) in [4.78, 5) is 19.0. The van der Waals surface area contributed by atoms with Crippen molar-refractivity contribution in [2.75, 3.05) is 6.61 Å². The van der Waals surface area contributed by atoms with Gasteiger partial charge in [-0.3, -0.25) is 30.0 Å². The molecule has 0 aliphatic rings. The van der Waals surface area contributed by atoms with E-state index in [-0.39, 0.29) is 26.1 Å². The van der Waals surface area contributed by atoms with Crippen LogP contribution in [0.2, 0.25) is 0 Å². The number of pyridine rings is 3. The van der Waals surface area contributed by atoms with Crippen LogP contribution in [-0.2, 0) is 44.0 Å². The molecule has 191 valence electrons. The zero-order valence-electron chi connectivity index (χ0n) is 17.7. The second-order valence-electron chi connectivity index (χ2n) is 6.40. The Balaban J connectivity index is 0.000000766. The molecule has 0 spiro atoms. The first-order valence-electron chi connectivity index (χ1n) is 9.31. The third kappa shape index (κ3) is 20.6. The number of rotatable bonds is 7. The van der Waals surface area contributed by atoms with E-state index in [4.69, 9.17) is 5.26 Å². The molecule has 0 aliphatic carbocycles. The predicted octanol–water partition coefficient (Wildman–Crippen LogP) is 6.76. The maximum atomic E-state index is 9.87. The van der Waals surface area contributed by atoms with Crippen molar-refractivity contribution in [2.45, 2.75) is 19.6 Å².